The molecule has 1 aromatic rings. The summed E-state index contributed by atoms with van der Waals surface area (Å²) >= 11 is 0. The Morgan fingerprint density at radius 3 is 2.76 bits per heavy atom. The molecule has 0 spiro atoms. The number of nitrogens with one attached hydrogen (secondary N) is 3. The van der Waals surface area contributed by atoms with Crippen molar-refractivity contribution in [2.75, 3.05) is 32.1 Å². The fraction of sp³-hybridized carbons (Fsp3) is 0.688. The molecule has 1 aromatic heterocycles. The van der Waals surface area contributed by atoms with Crippen LogP contribution in [-0.4, -0.2) is 54.4 Å². The largest absolute Gasteiger partial charge is 0.384 e. The summed E-state index contributed by atoms with van der Waals surface area (Å²) in [6.07, 6.45) is 6.86. The van der Waals surface area contributed by atoms with Crippen LogP contribution in [0.4, 0.5) is 5.69 Å². The molecule has 3 rings (SSSR count). The Labute approximate surface area is 153 Å². The number of nitrogens with zero attached hydrogens (tertiary/aromatic N) is 2. The number of piperidine rings is 1. The predicted octanol–water partition coefficient (Wildman–Crippen LogP) is 0.538. The molecule has 0 aromatic carbocycles. The summed E-state index contributed by atoms with van der Waals surface area (Å²) in [4.78, 5) is 24.5. The number of anilines is 1. The minimum absolute atomic E-state index is 0. The van der Waals surface area contributed by atoms with Crippen molar-refractivity contribution in [3.8, 4) is 0 Å². The first-order valence-electron chi connectivity index (χ1n) is 8.44. The van der Waals surface area contributed by atoms with Gasteiger partial charge in [0.05, 0.1) is 23.9 Å². The van der Waals surface area contributed by atoms with Gasteiger partial charge in [0.2, 0.25) is 11.8 Å². The van der Waals surface area contributed by atoms with Crippen molar-refractivity contribution < 1.29 is 14.3 Å². The van der Waals surface area contributed by atoms with Gasteiger partial charge in [-0.3, -0.25) is 14.3 Å². The second-order valence-corrected chi connectivity index (χ2v) is 6.69. The Morgan fingerprint density at radius 2 is 2.12 bits per heavy atom. The summed E-state index contributed by atoms with van der Waals surface area (Å²) in [6, 6.07) is 0.334. The van der Waals surface area contributed by atoms with Crippen LogP contribution in [0, 0.1) is 5.41 Å². The first-order chi connectivity index (χ1) is 11.6. The first-order valence-corrected chi connectivity index (χ1v) is 8.44. The molecule has 0 unspecified atom stereocenters. The van der Waals surface area contributed by atoms with Crippen molar-refractivity contribution in [2.45, 2.75) is 38.3 Å². The number of carbonyl (C=O) groups is 2. The third-order valence-corrected chi connectivity index (χ3v) is 4.60. The second kappa shape index (κ2) is 8.64. The van der Waals surface area contributed by atoms with Crippen molar-refractivity contribution >= 4 is 29.9 Å². The molecule has 3 N–H and O–H groups in total. The number of carbonyl (C=O) groups excluding carboxylic acids is 2. The molecule has 1 aliphatic carbocycles. The highest BCUT2D eigenvalue weighted by Gasteiger charge is 2.39. The molecule has 25 heavy (non-hydrogen) atoms. The van der Waals surface area contributed by atoms with Crippen LogP contribution in [0.5, 0.6) is 0 Å². The smallest absolute Gasteiger partial charge is 0.241 e. The zero-order valence-corrected chi connectivity index (χ0v) is 15.2. The van der Waals surface area contributed by atoms with Crippen molar-refractivity contribution in [3.63, 3.8) is 0 Å². The number of halogens is 1. The lowest BCUT2D eigenvalue weighted by molar-refractivity contribution is -0.130. The van der Waals surface area contributed by atoms with E-state index < -0.39 is 5.41 Å². The van der Waals surface area contributed by atoms with Crippen molar-refractivity contribution in [2.24, 2.45) is 5.41 Å². The van der Waals surface area contributed by atoms with E-state index in [1.807, 2.05) is 0 Å². The molecule has 8 nitrogen and oxygen atoms in total. The van der Waals surface area contributed by atoms with Gasteiger partial charge in [-0.25, -0.2) is 0 Å². The van der Waals surface area contributed by atoms with E-state index in [4.69, 9.17) is 4.74 Å². The van der Waals surface area contributed by atoms with Gasteiger partial charge in [-0.1, -0.05) is 0 Å². The van der Waals surface area contributed by atoms with Crippen LogP contribution in [0.1, 0.15) is 25.7 Å². The van der Waals surface area contributed by atoms with E-state index in [2.05, 4.69) is 21.0 Å². The number of methoxy groups -OCH3 is 1. The van der Waals surface area contributed by atoms with Gasteiger partial charge in [-0.05, 0) is 38.8 Å². The minimum Gasteiger partial charge on any atom is -0.384 e. The van der Waals surface area contributed by atoms with Gasteiger partial charge in [0.25, 0.3) is 0 Å². The minimum atomic E-state index is -0.508. The lowest BCUT2D eigenvalue weighted by Gasteiger charge is -2.35. The summed E-state index contributed by atoms with van der Waals surface area (Å²) in [5, 5.41) is 13.3. The number of aromatic nitrogens is 2. The molecule has 1 saturated heterocycles. The van der Waals surface area contributed by atoms with Crippen molar-refractivity contribution in [3.05, 3.63) is 12.4 Å². The third kappa shape index (κ3) is 5.17. The molecule has 2 fully saturated rings. The maximum atomic E-state index is 12.7. The summed E-state index contributed by atoms with van der Waals surface area (Å²) < 4.78 is 6.82. The SMILES string of the molecule is COCC1(C(=O)Nc2cnn(CC(=O)NC3CC3)c2)CCNCC1.Cl. The molecule has 9 heteroatoms. The van der Waals surface area contributed by atoms with E-state index in [9.17, 15) is 9.59 Å². The normalized spacial score (nSPS) is 18.9. The van der Waals surface area contributed by atoms with Gasteiger partial charge in [-0.15, -0.1) is 12.4 Å². The van der Waals surface area contributed by atoms with Gasteiger partial charge >= 0.3 is 0 Å². The Balaban J connectivity index is 0.00000225. The number of amides is 2. The average molecular weight is 372 g/mol. The fourth-order valence-electron chi connectivity index (χ4n) is 3.04. The fourth-order valence-corrected chi connectivity index (χ4v) is 3.04. The molecular formula is C16H26ClN5O3. The third-order valence-electron chi connectivity index (χ3n) is 4.60. The van der Waals surface area contributed by atoms with Gasteiger partial charge in [0.1, 0.15) is 6.54 Å². The number of rotatable bonds is 7. The number of ether oxygens (including phenoxy) is 1. The van der Waals surface area contributed by atoms with E-state index >= 15 is 0 Å². The quantitative estimate of drug-likeness (QED) is 0.650. The topological polar surface area (TPSA) is 97.3 Å². The van der Waals surface area contributed by atoms with Gasteiger partial charge < -0.3 is 20.7 Å². The average Bonchev–Trinajstić information content (AvgIpc) is 3.27. The Bertz CT molecular complexity index is 591. The van der Waals surface area contributed by atoms with Crippen LogP contribution in [0.3, 0.4) is 0 Å². The molecule has 0 bridgehead atoms. The van der Waals surface area contributed by atoms with Gasteiger partial charge in [0, 0.05) is 19.3 Å². The zero-order chi connectivity index (χ0) is 17.0. The van der Waals surface area contributed by atoms with Crippen LogP contribution in [0.25, 0.3) is 0 Å². The summed E-state index contributed by atoms with van der Waals surface area (Å²) in [5.41, 5.74) is 0.0964. The molecule has 0 radical (unpaired) electrons. The molecule has 2 aliphatic rings. The second-order valence-electron chi connectivity index (χ2n) is 6.69. The van der Waals surface area contributed by atoms with Crippen molar-refractivity contribution in [1.29, 1.82) is 0 Å². The highest BCUT2D eigenvalue weighted by atomic mass is 35.5. The Kier molecular flexibility index (Phi) is 6.80. The van der Waals surface area contributed by atoms with E-state index in [-0.39, 0.29) is 30.8 Å². The number of hydrogen-bond donors (Lipinski definition) is 3. The predicted molar refractivity (Wildman–Crippen MR) is 95.7 cm³/mol. The van der Waals surface area contributed by atoms with Gasteiger partial charge in [0.15, 0.2) is 0 Å². The highest BCUT2D eigenvalue weighted by Crippen LogP contribution is 2.30. The molecule has 1 saturated carbocycles. The highest BCUT2D eigenvalue weighted by molar-refractivity contribution is 5.95. The Morgan fingerprint density at radius 1 is 1.40 bits per heavy atom. The monoisotopic (exact) mass is 371 g/mol. The van der Waals surface area contributed by atoms with E-state index in [1.165, 1.54) is 0 Å². The molecule has 0 atom stereocenters. The van der Waals surface area contributed by atoms with Crippen LogP contribution in [0.2, 0.25) is 0 Å². The van der Waals surface area contributed by atoms with E-state index in [0.717, 1.165) is 38.8 Å². The Hall–Kier alpha value is -1.64. The lowest BCUT2D eigenvalue weighted by Crippen LogP contribution is -2.47. The molecule has 2 heterocycles. The van der Waals surface area contributed by atoms with Crippen molar-refractivity contribution in [1.82, 2.24) is 20.4 Å². The maximum Gasteiger partial charge on any atom is 0.241 e. The molecule has 2 amide bonds. The van der Waals surface area contributed by atoms with E-state index in [1.54, 1.807) is 24.2 Å². The summed E-state index contributed by atoms with van der Waals surface area (Å²) in [6.45, 7) is 2.17. The zero-order valence-electron chi connectivity index (χ0n) is 14.4. The molecule has 140 valence electrons. The summed E-state index contributed by atoms with van der Waals surface area (Å²) in [7, 11) is 1.62. The van der Waals surface area contributed by atoms with Crippen LogP contribution in [-0.2, 0) is 20.9 Å². The van der Waals surface area contributed by atoms with Gasteiger partial charge in [-0.2, -0.15) is 5.10 Å². The van der Waals surface area contributed by atoms with Crippen LogP contribution >= 0.6 is 12.4 Å². The number of hydrogen-bond acceptors (Lipinski definition) is 5. The van der Waals surface area contributed by atoms with Crippen LogP contribution in [0.15, 0.2) is 12.4 Å². The van der Waals surface area contributed by atoms with E-state index in [0.29, 0.717) is 18.3 Å². The summed E-state index contributed by atoms with van der Waals surface area (Å²) in [5.74, 6) is -0.0967. The first kappa shape index (κ1) is 19.7. The maximum absolute atomic E-state index is 12.7. The molecule has 1 aliphatic heterocycles. The standard InChI is InChI=1S/C16H25N5O3.ClH/c1-24-11-16(4-6-17-7-5-16)15(23)20-13-8-18-21(9-13)10-14(22)19-12-2-3-12;/h8-9,12,17H,2-7,10-11H2,1H3,(H,19,22)(H,20,23);1H. The van der Waals surface area contributed by atoms with Crippen LogP contribution < -0.4 is 16.0 Å². The lowest BCUT2D eigenvalue weighted by atomic mass is 9.78. The molecular weight excluding hydrogens is 346 g/mol.